The number of hydrogen-bond donors (Lipinski definition) is 1. The van der Waals surface area contributed by atoms with Gasteiger partial charge in [-0.3, -0.25) is 4.79 Å². The van der Waals surface area contributed by atoms with E-state index in [1.54, 1.807) is 6.07 Å². The second-order valence-electron chi connectivity index (χ2n) is 6.13. The van der Waals surface area contributed by atoms with Crippen molar-refractivity contribution in [3.63, 3.8) is 0 Å². The Morgan fingerprint density at radius 1 is 1.35 bits per heavy atom. The highest BCUT2D eigenvalue weighted by atomic mass is 35.5. The van der Waals surface area contributed by atoms with Crippen molar-refractivity contribution in [2.45, 2.75) is 39.3 Å². The fraction of sp³-hybridized carbons (Fsp3) is 0.368. The van der Waals surface area contributed by atoms with Crippen LogP contribution in [-0.2, 0) is 4.79 Å². The first-order chi connectivity index (χ1) is 12.5. The van der Waals surface area contributed by atoms with Crippen molar-refractivity contribution in [3.05, 3.63) is 46.6 Å². The monoisotopic (exact) mass is 376 g/mol. The molecule has 3 rings (SSSR count). The molecule has 1 aliphatic heterocycles. The topological polar surface area (TPSA) is 69.7 Å². The molecule has 0 bridgehead atoms. The number of amides is 1. The molecule has 0 aliphatic carbocycles. The minimum absolute atomic E-state index is 0.200. The van der Waals surface area contributed by atoms with Crippen LogP contribution in [0.2, 0.25) is 5.02 Å². The number of carbonyl (C=O) groups is 1. The van der Waals surface area contributed by atoms with Crippen LogP contribution in [0.4, 0.5) is 0 Å². The largest absolute Gasteiger partial charge is 0.464 e. The maximum absolute atomic E-state index is 12.6. The van der Waals surface area contributed by atoms with E-state index < -0.39 is 6.10 Å². The third-order valence-corrected chi connectivity index (χ3v) is 4.38. The number of ether oxygens (including phenoxy) is 3. The maximum atomic E-state index is 12.6. The number of rotatable bonds is 6. The Hall–Kier alpha value is -2.47. The van der Waals surface area contributed by atoms with E-state index in [0.29, 0.717) is 28.8 Å². The number of aryl methyl sites for hydroxylation is 1. The lowest BCUT2D eigenvalue weighted by Gasteiger charge is -2.21. The van der Waals surface area contributed by atoms with Crippen LogP contribution in [0.15, 0.2) is 30.5 Å². The number of nitrogens with one attached hydrogen (secondary N) is 1. The predicted octanol–water partition coefficient (Wildman–Crippen LogP) is 3.81. The summed E-state index contributed by atoms with van der Waals surface area (Å²) in [7, 11) is 0. The molecule has 1 N–H and O–H groups in total. The van der Waals surface area contributed by atoms with Gasteiger partial charge in [0, 0.05) is 11.8 Å². The number of pyridine rings is 1. The summed E-state index contributed by atoms with van der Waals surface area (Å²) in [5.74, 6) is 1.61. The van der Waals surface area contributed by atoms with E-state index in [1.165, 1.54) is 6.20 Å². The molecule has 1 aromatic heterocycles. The molecule has 1 aromatic carbocycles. The number of carbonyl (C=O) groups excluding carboxylic acids is 1. The minimum atomic E-state index is -0.640. The Bertz CT molecular complexity index is 812. The Balaban J connectivity index is 1.66. The fourth-order valence-electron chi connectivity index (χ4n) is 2.68. The van der Waals surface area contributed by atoms with Gasteiger partial charge in [-0.25, -0.2) is 4.98 Å². The lowest BCUT2D eigenvalue weighted by molar-refractivity contribution is -0.128. The van der Waals surface area contributed by atoms with Crippen molar-refractivity contribution in [3.8, 4) is 17.4 Å². The predicted molar refractivity (Wildman–Crippen MR) is 97.8 cm³/mol. The van der Waals surface area contributed by atoms with E-state index in [-0.39, 0.29) is 18.7 Å². The average molecular weight is 377 g/mol. The third-order valence-electron chi connectivity index (χ3n) is 4.17. The Labute approximate surface area is 157 Å². The van der Waals surface area contributed by atoms with Crippen molar-refractivity contribution in [1.29, 1.82) is 0 Å². The zero-order chi connectivity index (χ0) is 18.7. The average Bonchev–Trinajstić information content (AvgIpc) is 3.08. The fourth-order valence-corrected chi connectivity index (χ4v) is 2.89. The molecule has 138 valence electrons. The molecule has 2 aromatic rings. The second-order valence-corrected chi connectivity index (χ2v) is 6.57. The molecule has 2 heterocycles. The summed E-state index contributed by atoms with van der Waals surface area (Å²) >= 11 is 5.91. The summed E-state index contributed by atoms with van der Waals surface area (Å²) in [6, 6.07) is 7.18. The molecule has 0 radical (unpaired) electrons. The van der Waals surface area contributed by atoms with Gasteiger partial charge in [-0.05, 0) is 44.0 Å². The van der Waals surface area contributed by atoms with Crippen molar-refractivity contribution in [2.75, 3.05) is 6.79 Å². The molecule has 6 nitrogen and oxygen atoms in total. The summed E-state index contributed by atoms with van der Waals surface area (Å²) in [6.07, 6.45) is 1.38. The van der Waals surface area contributed by atoms with E-state index in [4.69, 9.17) is 25.8 Å². The molecule has 0 saturated heterocycles. The van der Waals surface area contributed by atoms with Gasteiger partial charge in [-0.2, -0.15) is 0 Å². The van der Waals surface area contributed by atoms with E-state index in [2.05, 4.69) is 10.3 Å². The van der Waals surface area contributed by atoms with Gasteiger partial charge in [0.1, 0.15) is 0 Å². The highest BCUT2D eigenvalue weighted by Crippen LogP contribution is 2.34. The van der Waals surface area contributed by atoms with E-state index in [1.807, 2.05) is 39.0 Å². The van der Waals surface area contributed by atoms with Gasteiger partial charge in [0.15, 0.2) is 17.6 Å². The van der Waals surface area contributed by atoms with Crippen LogP contribution in [-0.4, -0.2) is 23.8 Å². The van der Waals surface area contributed by atoms with Gasteiger partial charge in [0.25, 0.3) is 5.91 Å². The van der Waals surface area contributed by atoms with E-state index >= 15 is 0 Å². The molecule has 1 aliphatic rings. The van der Waals surface area contributed by atoms with Gasteiger partial charge in [-0.15, -0.1) is 0 Å². The summed E-state index contributed by atoms with van der Waals surface area (Å²) in [4.78, 5) is 16.8. The van der Waals surface area contributed by atoms with Crippen LogP contribution < -0.4 is 19.5 Å². The van der Waals surface area contributed by atoms with Gasteiger partial charge >= 0.3 is 0 Å². The molecule has 0 saturated carbocycles. The van der Waals surface area contributed by atoms with Gasteiger partial charge in [0.2, 0.25) is 12.7 Å². The minimum Gasteiger partial charge on any atom is -0.464 e. The lowest BCUT2D eigenvalue weighted by Crippen LogP contribution is -2.39. The van der Waals surface area contributed by atoms with Crippen molar-refractivity contribution < 1.29 is 19.0 Å². The highest BCUT2D eigenvalue weighted by Gasteiger charge is 2.23. The third kappa shape index (κ3) is 4.02. The quantitative estimate of drug-likeness (QED) is 0.830. The molecular weight excluding hydrogens is 356 g/mol. The zero-order valence-corrected chi connectivity index (χ0v) is 15.7. The first kappa shape index (κ1) is 18.3. The molecule has 26 heavy (non-hydrogen) atoms. The first-order valence-corrected chi connectivity index (χ1v) is 8.84. The number of hydrogen-bond acceptors (Lipinski definition) is 5. The van der Waals surface area contributed by atoms with Gasteiger partial charge in [0.05, 0.1) is 11.1 Å². The van der Waals surface area contributed by atoms with Crippen LogP contribution in [0.1, 0.15) is 37.4 Å². The van der Waals surface area contributed by atoms with E-state index in [9.17, 15) is 4.79 Å². The van der Waals surface area contributed by atoms with Crippen LogP contribution in [0, 0.1) is 6.92 Å². The normalized spacial score (nSPS) is 14.6. The maximum Gasteiger partial charge on any atom is 0.261 e. The number of benzene rings is 1. The zero-order valence-electron chi connectivity index (χ0n) is 14.9. The molecule has 2 unspecified atom stereocenters. The standard InChI is InChI=1S/C19H21ClN2O4/c1-4-15(26-19-11(2)7-14(20)9-21-19)18(23)22-12(3)13-5-6-16-17(8-13)25-10-24-16/h5-9,12,15H,4,10H2,1-3H3,(H,22,23). The van der Waals surface area contributed by atoms with E-state index in [0.717, 1.165) is 11.1 Å². The SMILES string of the molecule is CCC(Oc1ncc(Cl)cc1C)C(=O)NC(C)c1ccc2c(c1)OCO2. The van der Waals surface area contributed by atoms with Crippen LogP contribution in [0.25, 0.3) is 0 Å². The summed E-state index contributed by atoms with van der Waals surface area (Å²) in [6.45, 7) is 5.86. The first-order valence-electron chi connectivity index (χ1n) is 8.46. The van der Waals surface area contributed by atoms with Crippen LogP contribution >= 0.6 is 11.6 Å². The summed E-state index contributed by atoms with van der Waals surface area (Å²) in [5.41, 5.74) is 1.71. The summed E-state index contributed by atoms with van der Waals surface area (Å²) < 4.78 is 16.5. The van der Waals surface area contributed by atoms with Crippen LogP contribution in [0.5, 0.6) is 17.4 Å². The number of halogens is 1. The van der Waals surface area contributed by atoms with Crippen molar-refractivity contribution >= 4 is 17.5 Å². The number of aromatic nitrogens is 1. The van der Waals surface area contributed by atoms with Crippen molar-refractivity contribution in [1.82, 2.24) is 10.3 Å². The number of nitrogens with zero attached hydrogens (tertiary/aromatic N) is 1. The molecule has 1 amide bonds. The van der Waals surface area contributed by atoms with Crippen LogP contribution in [0.3, 0.4) is 0 Å². The molecule has 2 atom stereocenters. The molecule has 0 spiro atoms. The smallest absolute Gasteiger partial charge is 0.261 e. The van der Waals surface area contributed by atoms with Gasteiger partial charge in [-0.1, -0.05) is 24.6 Å². The Kier molecular flexibility index (Phi) is 5.52. The Morgan fingerprint density at radius 2 is 2.12 bits per heavy atom. The molecule has 0 fully saturated rings. The number of fused-ring (bicyclic) bond motifs is 1. The molecule has 7 heteroatoms. The lowest BCUT2D eigenvalue weighted by atomic mass is 10.1. The highest BCUT2D eigenvalue weighted by molar-refractivity contribution is 6.30. The van der Waals surface area contributed by atoms with Gasteiger partial charge < -0.3 is 19.5 Å². The van der Waals surface area contributed by atoms with Crippen molar-refractivity contribution in [2.24, 2.45) is 0 Å². The Morgan fingerprint density at radius 3 is 2.85 bits per heavy atom. The molecular formula is C19H21ClN2O4. The second kappa shape index (κ2) is 7.83. The summed E-state index contributed by atoms with van der Waals surface area (Å²) in [5, 5.41) is 3.51.